The first-order valence-electron chi connectivity index (χ1n) is 8.69. The normalized spacial score (nSPS) is 11.7. The minimum atomic E-state index is -0.331. The summed E-state index contributed by atoms with van der Waals surface area (Å²) in [6.45, 7) is 1.95. The summed E-state index contributed by atoms with van der Waals surface area (Å²) in [6.07, 6.45) is 2.30. The molecule has 1 unspecified atom stereocenters. The number of benzene rings is 2. The molecule has 0 radical (unpaired) electrons. The van der Waals surface area contributed by atoms with Gasteiger partial charge in [-0.05, 0) is 42.8 Å². The highest BCUT2D eigenvalue weighted by molar-refractivity contribution is 8.00. The Labute approximate surface area is 186 Å². The van der Waals surface area contributed by atoms with Crippen molar-refractivity contribution in [2.24, 2.45) is 0 Å². The number of carbonyl (C=O) groups is 2. The molecule has 0 aliphatic carbocycles. The molecule has 1 aromatic heterocycles. The quantitative estimate of drug-likeness (QED) is 0.406. The maximum Gasteiger partial charge on any atom is 0.257 e. The lowest BCUT2D eigenvalue weighted by atomic mass is 10.2. The molecule has 2 amide bonds. The highest BCUT2D eigenvalue weighted by Gasteiger charge is 2.19. The monoisotopic (exact) mass is 465 g/mol. The number of aromatic nitrogens is 1. The second kappa shape index (κ2) is 10.1. The highest BCUT2D eigenvalue weighted by Crippen LogP contribution is 2.29. The van der Waals surface area contributed by atoms with Crippen molar-refractivity contribution >= 4 is 68.9 Å². The molecule has 0 spiro atoms. The van der Waals surface area contributed by atoms with Gasteiger partial charge in [0.05, 0.1) is 15.8 Å². The number of hydrogen-bond acceptors (Lipinski definition) is 5. The van der Waals surface area contributed by atoms with Gasteiger partial charge in [-0.25, -0.2) is 4.98 Å². The molecule has 2 aromatic carbocycles. The van der Waals surface area contributed by atoms with Crippen molar-refractivity contribution in [2.45, 2.75) is 23.5 Å². The standard InChI is InChI=1S/C20H17Cl2N3O2S2/c1-2-17(19(27)25-20-23-8-9-28-20)29-14-5-3-4-13(11-14)24-18(26)15-7-6-12(21)10-16(15)22/h3-11,17H,2H2,1H3,(H,24,26)(H,23,25,27). The van der Waals surface area contributed by atoms with E-state index in [9.17, 15) is 9.59 Å². The summed E-state index contributed by atoms with van der Waals surface area (Å²) in [5, 5.41) is 8.50. The summed E-state index contributed by atoms with van der Waals surface area (Å²) in [5.41, 5.74) is 0.949. The lowest BCUT2D eigenvalue weighted by molar-refractivity contribution is -0.115. The van der Waals surface area contributed by atoms with Crippen molar-refractivity contribution in [1.82, 2.24) is 4.98 Å². The molecule has 1 heterocycles. The topological polar surface area (TPSA) is 71.1 Å². The van der Waals surface area contributed by atoms with Gasteiger partial charge >= 0.3 is 0 Å². The molecular formula is C20H17Cl2N3O2S2. The number of thioether (sulfide) groups is 1. The first-order valence-corrected chi connectivity index (χ1v) is 11.2. The Balaban J connectivity index is 1.68. The third kappa shape index (κ3) is 5.96. The van der Waals surface area contributed by atoms with Crippen LogP contribution in [0.2, 0.25) is 10.0 Å². The second-order valence-electron chi connectivity index (χ2n) is 5.95. The molecule has 0 bridgehead atoms. The molecule has 0 aliphatic heterocycles. The van der Waals surface area contributed by atoms with Crippen LogP contribution in [0.15, 0.2) is 58.9 Å². The number of hydrogen-bond donors (Lipinski definition) is 2. The average molecular weight is 466 g/mol. The molecule has 2 N–H and O–H groups in total. The molecule has 0 fully saturated rings. The third-order valence-corrected chi connectivity index (χ3v) is 6.47. The van der Waals surface area contributed by atoms with Gasteiger partial charge in [0, 0.05) is 27.2 Å². The summed E-state index contributed by atoms with van der Waals surface area (Å²) >= 11 is 14.8. The smallest absolute Gasteiger partial charge is 0.257 e. The molecule has 5 nitrogen and oxygen atoms in total. The fourth-order valence-corrected chi connectivity index (χ4v) is 4.52. The van der Waals surface area contributed by atoms with Crippen molar-refractivity contribution in [1.29, 1.82) is 0 Å². The summed E-state index contributed by atoms with van der Waals surface area (Å²) < 4.78 is 0. The van der Waals surface area contributed by atoms with Gasteiger partial charge in [-0.15, -0.1) is 23.1 Å². The SMILES string of the molecule is CCC(Sc1cccc(NC(=O)c2ccc(Cl)cc2Cl)c1)C(=O)Nc1nccs1. The van der Waals surface area contributed by atoms with E-state index in [2.05, 4.69) is 15.6 Å². The number of nitrogens with one attached hydrogen (secondary N) is 2. The van der Waals surface area contributed by atoms with Crippen LogP contribution in [0.4, 0.5) is 10.8 Å². The van der Waals surface area contributed by atoms with Crippen LogP contribution in [0.25, 0.3) is 0 Å². The van der Waals surface area contributed by atoms with Crippen LogP contribution in [0.3, 0.4) is 0 Å². The van der Waals surface area contributed by atoms with Crippen molar-refractivity contribution in [2.75, 3.05) is 10.6 Å². The van der Waals surface area contributed by atoms with Gasteiger partial charge < -0.3 is 10.6 Å². The molecule has 9 heteroatoms. The maximum absolute atomic E-state index is 12.5. The Kier molecular flexibility index (Phi) is 7.55. The van der Waals surface area contributed by atoms with Gasteiger partial charge in [0.2, 0.25) is 5.91 Å². The first kappa shape index (κ1) is 21.6. The number of thiazole rings is 1. The number of rotatable bonds is 7. The van der Waals surface area contributed by atoms with E-state index in [0.29, 0.717) is 27.8 Å². The number of nitrogens with zero attached hydrogens (tertiary/aromatic N) is 1. The summed E-state index contributed by atoms with van der Waals surface area (Å²) in [6, 6.07) is 12.0. The summed E-state index contributed by atoms with van der Waals surface area (Å²) in [5.74, 6) is -0.433. The van der Waals surface area contributed by atoms with Crippen molar-refractivity contribution in [3.8, 4) is 0 Å². The van der Waals surface area contributed by atoms with Crippen molar-refractivity contribution in [3.05, 3.63) is 69.7 Å². The van der Waals surface area contributed by atoms with Gasteiger partial charge in [0.25, 0.3) is 5.91 Å². The van der Waals surface area contributed by atoms with Crippen LogP contribution in [-0.2, 0) is 4.79 Å². The van der Waals surface area contributed by atoms with Crippen LogP contribution < -0.4 is 10.6 Å². The van der Waals surface area contributed by atoms with Gasteiger partial charge in [-0.2, -0.15) is 0 Å². The van der Waals surface area contributed by atoms with Crippen LogP contribution in [0.1, 0.15) is 23.7 Å². The van der Waals surface area contributed by atoms with Crippen molar-refractivity contribution in [3.63, 3.8) is 0 Å². The predicted octanol–water partition coefficient (Wildman–Crippen LogP) is 6.21. The van der Waals surface area contributed by atoms with E-state index < -0.39 is 0 Å². The second-order valence-corrected chi connectivity index (χ2v) is 8.96. The Morgan fingerprint density at radius 1 is 1.17 bits per heavy atom. The lowest BCUT2D eigenvalue weighted by Crippen LogP contribution is -2.24. The molecule has 3 aromatic rings. The van der Waals surface area contributed by atoms with E-state index >= 15 is 0 Å². The molecule has 3 rings (SSSR count). The third-order valence-electron chi connectivity index (χ3n) is 3.87. The van der Waals surface area contributed by atoms with Gasteiger partial charge in [-0.1, -0.05) is 36.2 Å². The Morgan fingerprint density at radius 3 is 2.69 bits per heavy atom. The number of halogens is 2. The summed E-state index contributed by atoms with van der Waals surface area (Å²) in [7, 11) is 0. The molecule has 0 saturated carbocycles. The molecule has 0 saturated heterocycles. The Bertz CT molecular complexity index is 1010. The number of carbonyl (C=O) groups excluding carboxylic acids is 2. The summed E-state index contributed by atoms with van der Waals surface area (Å²) in [4.78, 5) is 30.0. The van der Waals surface area contributed by atoms with Crippen LogP contribution in [0, 0.1) is 0 Å². The average Bonchev–Trinajstić information content (AvgIpc) is 3.19. The number of amides is 2. The Morgan fingerprint density at radius 2 is 2.00 bits per heavy atom. The Hall–Kier alpha value is -2.06. The minimum Gasteiger partial charge on any atom is -0.322 e. The zero-order valence-corrected chi connectivity index (χ0v) is 18.5. The van der Waals surface area contributed by atoms with Crippen molar-refractivity contribution < 1.29 is 9.59 Å². The van der Waals surface area contributed by atoms with Gasteiger partial charge in [-0.3, -0.25) is 9.59 Å². The predicted molar refractivity (Wildman–Crippen MR) is 122 cm³/mol. The largest absolute Gasteiger partial charge is 0.322 e. The fourth-order valence-electron chi connectivity index (χ4n) is 2.48. The molecule has 1 atom stereocenters. The van der Waals surface area contributed by atoms with Gasteiger partial charge in [0.15, 0.2) is 5.13 Å². The lowest BCUT2D eigenvalue weighted by Gasteiger charge is -2.14. The molecular weight excluding hydrogens is 449 g/mol. The zero-order chi connectivity index (χ0) is 20.8. The highest BCUT2D eigenvalue weighted by atomic mass is 35.5. The minimum absolute atomic E-state index is 0.102. The molecule has 150 valence electrons. The van der Waals surface area contributed by atoms with E-state index in [0.717, 1.165) is 4.90 Å². The van der Waals surface area contributed by atoms with E-state index in [1.807, 2.05) is 30.5 Å². The zero-order valence-electron chi connectivity index (χ0n) is 15.3. The van der Waals surface area contributed by atoms with E-state index in [-0.39, 0.29) is 22.1 Å². The van der Waals surface area contributed by atoms with Crippen LogP contribution >= 0.6 is 46.3 Å². The van der Waals surface area contributed by atoms with Crippen LogP contribution in [-0.4, -0.2) is 22.0 Å². The maximum atomic E-state index is 12.5. The van der Waals surface area contributed by atoms with Gasteiger partial charge in [0.1, 0.15) is 0 Å². The molecule has 0 aliphatic rings. The van der Waals surface area contributed by atoms with E-state index in [1.165, 1.54) is 29.2 Å². The fraction of sp³-hybridized carbons (Fsp3) is 0.150. The van der Waals surface area contributed by atoms with Crippen LogP contribution in [0.5, 0.6) is 0 Å². The van der Waals surface area contributed by atoms with E-state index in [4.69, 9.17) is 23.2 Å². The van der Waals surface area contributed by atoms with E-state index in [1.54, 1.807) is 24.4 Å². The molecule has 29 heavy (non-hydrogen) atoms. The first-order chi connectivity index (χ1) is 14.0. The number of anilines is 2.